The van der Waals surface area contributed by atoms with Crippen LogP contribution >= 0.6 is 0 Å². The monoisotopic (exact) mass is 702 g/mol. The van der Waals surface area contributed by atoms with E-state index in [1.807, 2.05) is 12.1 Å². The fourth-order valence-electron chi connectivity index (χ4n) is 8.45. The Balaban J connectivity index is 1.07. The molecule has 2 heteroatoms. The molecule has 0 bridgehead atoms. The summed E-state index contributed by atoms with van der Waals surface area (Å²) in [6.07, 6.45) is 0. The molecule has 1 heterocycles. The van der Waals surface area contributed by atoms with Gasteiger partial charge in [0.2, 0.25) is 0 Å². The minimum Gasteiger partial charge on any atom is -0.228 e. The molecule has 0 unspecified atom stereocenters. The lowest BCUT2D eigenvalue weighted by Crippen LogP contribution is -2.14. The summed E-state index contributed by atoms with van der Waals surface area (Å²) in [6, 6.07) is 69.6. The average Bonchev–Trinajstić information content (AvgIpc) is 3.49. The zero-order valence-corrected chi connectivity index (χ0v) is 30.9. The lowest BCUT2D eigenvalue weighted by Gasteiger charge is -2.21. The minimum absolute atomic E-state index is 0.00768. The molecule has 9 aromatic rings. The second kappa shape index (κ2) is 13.2. The first-order valence-corrected chi connectivity index (χ1v) is 19.0. The van der Waals surface area contributed by atoms with Crippen molar-refractivity contribution < 1.29 is 0 Å². The molecule has 8 aromatic carbocycles. The third-order valence-electron chi connectivity index (χ3n) is 11.3. The van der Waals surface area contributed by atoms with Crippen molar-refractivity contribution in [2.45, 2.75) is 19.3 Å². The third kappa shape index (κ3) is 5.75. The molecule has 0 amide bonds. The van der Waals surface area contributed by atoms with Crippen LogP contribution < -0.4 is 0 Å². The molecule has 1 aliphatic rings. The van der Waals surface area contributed by atoms with E-state index in [1.165, 1.54) is 61.0 Å². The molecule has 0 N–H and O–H groups in total. The molecule has 260 valence electrons. The van der Waals surface area contributed by atoms with Gasteiger partial charge in [-0.25, -0.2) is 9.97 Å². The molecular weight excluding hydrogens is 665 g/mol. The highest BCUT2D eigenvalue weighted by Crippen LogP contribution is 2.49. The normalized spacial score (nSPS) is 12.7. The van der Waals surface area contributed by atoms with Crippen molar-refractivity contribution in [1.29, 1.82) is 0 Å². The van der Waals surface area contributed by atoms with Gasteiger partial charge in [0.05, 0.1) is 11.4 Å². The maximum atomic E-state index is 5.25. The van der Waals surface area contributed by atoms with Gasteiger partial charge in [0.1, 0.15) is 0 Å². The van der Waals surface area contributed by atoms with Crippen LogP contribution in [0.15, 0.2) is 194 Å². The number of benzene rings is 8. The molecule has 0 spiro atoms. The number of hydrogen-bond donors (Lipinski definition) is 0. The van der Waals surface area contributed by atoms with Crippen LogP contribution in [0.2, 0.25) is 0 Å². The Morgan fingerprint density at radius 2 is 0.836 bits per heavy atom. The van der Waals surface area contributed by atoms with Gasteiger partial charge in [-0.05, 0) is 84.6 Å². The summed E-state index contributed by atoms with van der Waals surface area (Å²) in [5.74, 6) is 0.706. The molecule has 0 radical (unpaired) electrons. The van der Waals surface area contributed by atoms with Crippen LogP contribution in [-0.2, 0) is 5.41 Å². The number of aromatic nitrogens is 2. The predicted molar refractivity (Wildman–Crippen MR) is 230 cm³/mol. The first-order valence-electron chi connectivity index (χ1n) is 19.0. The second-order valence-electron chi connectivity index (χ2n) is 15.0. The van der Waals surface area contributed by atoms with E-state index in [4.69, 9.17) is 9.97 Å². The average molecular weight is 703 g/mol. The van der Waals surface area contributed by atoms with E-state index in [0.717, 1.165) is 33.5 Å². The van der Waals surface area contributed by atoms with E-state index in [-0.39, 0.29) is 5.41 Å². The Morgan fingerprint density at radius 1 is 0.309 bits per heavy atom. The number of nitrogens with zero attached hydrogens (tertiary/aromatic N) is 2. The van der Waals surface area contributed by atoms with Crippen LogP contribution in [0.3, 0.4) is 0 Å². The van der Waals surface area contributed by atoms with E-state index in [0.29, 0.717) is 5.82 Å². The van der Waals surface area contributed by atoms with Gasteiger partial charge in [0.25, 0.3) is 0 Å². The topological polar surface area (TPSA) is 25.8 Å². The van der Waals surface area contributed by atoms with Crippen LogP contribution in [0.25, 0.3) is 89.2 Å². The summed E-state index contributed by atoms with van der Waals surface area (Å²) in [4.78, 5) is 10.4. The van der Waals surface area contributed by atoms with Gasteiger partial charge in [-0.2, -0.15) is 0 Å². The highest BCUT2D eigenvalue weighted by atomic mass is 14.9. The summed E-state index contributed by atoms with van der Waals surface area (Å²) in [5, 5.41) is 2.35. The van der Waals surface area contributed by atoms with Crippen molar-refractivity contribution in [3.63, 3.8) is 0 Å². The van der Waals surface area contributed by atoms with Gasteiger partial charge in [0.15, 0.2) is 5.82 Å². The molecule has 2 nitrogen and oxygen atoms in total. The Bertz CT molecular complexity index is 2870. The number of fused-ring (bicyclic) bond motifs is 4. The van der Waals surface area contributed by atoms with Crippen molar-refractivity contribution in [3.05, 3.63) is 205 Å². The fourth-order valence-corrected chi connectivity index (χ4v) is 8.45. The van der Waals surface area contributed by atoms with Crippen LogP contribution in [0.1, 0.15) is 25.0 Å². The van der Waals surface area contributed by atoms with Gasteiger partial charge >= 0.3 is 0 Å². The van der Waals surface area contributed by atoms with E-state index < -0.39 is 0 Å². The zero-order valence-electron chi connectivity index (χ0n) is 30.9. The van der Waals surface area contributed by atoms with Crippen molar-refractivity contribution in [1.82, 2.24) is 9.97 Å². The van der Waals surface area contributed by atoms with E-state index >= 15 is 0 Å². The highest BCUT2D eigenvalue weighted by molar-refractivity contribution is 6.05. The van der Waals surface area contributed by atoms with E-state index in [9.17, 15) is 0 Å². The molecule has 0 saturated heterocycles. The minimum atomic E-state index is -0.00768. The van der Waals surface area contributed by atoms with Crippen molar-refractivity contribution >= 4 is 10.8 Å². The van der Waals surface area contributed by atoms with Gasteiger partial charge in [-0.15, -0.1) is 0 Å². The first-order chi connectivity index (χ1) is 27.0. The zero-order chi connectivity index (χ0) is 36.9. The Kier molecular flexibility index (Phi) is 7.85. The number of rotatable bonds is 6. The first kappa shape index (κ1) is 32.7. The standard InChI is InChI=1S/C53H38N2/c1-53(2)48-23-12-11-22-45(48)47-33-40(28-31-49(47)53)39-18-13-19-41(32-39)42-29-30-46(44-21-10-9-20-43(42)44)51-34-50(37-16-7-4-8-17-37)54-52(55-51)38-26-24-36(25-27-38)35-14-5-3-6-15-35/h3-34H,1-2H3. The van der Waals surface area contributed by atoms with E-state index in [1.54, 1.807) is 0 Å². The third-order valence-corrected chi connectivity index (χ3v) is 11.3. The van der Waals surface area contributed by atoms with Crippen LogP contribution in [0.5, 0.6) is 0 Å². The van der Waals surface area contributed by atoms with Crippen molar-refractivity contribution in [2.24, 2.45) is 0 Å². The molecule has 0 aliphatic heterocycles. The largest absolute Gasteiger partial charge is 0.228 e. The lowest BCUT2D eigenvalue weighted by atomic mass is 9.82. The van der Waals surface area contributed by atoms with Crippen molar-refractivity contribution in [3.8, 4) is 78.4 Å². The molecular formula is C53H38N2. The molecule has 1 aromatic heterocycles. The lowest BCUT2D eigenvalue weighted by molar-refractivity contribution is 0.660. The van der Waals surface area contributed by atoms with Gasteiger partial charge in [-0.1, -0.05) is 190 Å². The molecule has 55 heavy (non-hydrogen) atoms. The fraction of sp³-hybridized carbons (Fsp3) is 0.0566. The number of hydrogen-bond acceptors (Lipinski definition) is 2. The Labute approximate surface area is 322 Å². The van der Waals surface area contributed by atoms with Crippen LogP contribution in [0, 0.1) is 0 Å². The van der Waals surface area contributed by atoms with Gasteiger partial charge in [-0.3, -0.25) is 0 Å². The maximum Gasteiger partial charge on any atom is 0.160 e. The second-order valence-corrected chi connectivity index (χ2v) is 15.0. The van der Waals surface area contributed by atoms with Crippen LogP contribution in [-0.4, -0.2) is 9.97 Å². The molecule has 0 saturated carbocycles. The maximum absolute atomic E-state index is 5.25. The van der Waals surface area contributed by atoms with Crippen molar-refractivity contribution in [2.75, 3.05) is 0 Å². The summed E-state index contributed by atoms with van der Waals surface area (Å²) in [7, 11) is 0. The Morgan fingerprint density at radius 3 is 1.62 bits per heavy atom. The highest BCUT2D eigenvalue weighted by Gasteiger charge is 2.35. The smallest absolute Gasteiger partial charge is 0.160 e. The van der Waals surface area contributed by atoms with E-state index in [2.05, 4.69) is 196 Å². The summed E-state index contributed by atoms with van der Waals surface area (Å²) < 4.78 is 0. The molecule has 0 fully saturated rings. The molecule has 10 rings (SSSR count). The van der Waals surface area contributed by atoms with Crippen LogP contribution in [0.4, 0.5) is 0 Å². The summed E-state index contributed by atoms with van der Waals surface area (Å²) in [6.45, 7) is 4.67. The van der Waals surface area contributed by atoms with Gasteiger partial charge in [0, 0.05) is 22.1 Å². The SMILES string of the molecule is CC1(C)c2ccccc2-c2cc(-c3cccc(-c4ccc(-c5cc(-c6ccccc6)nc(-c6ccc(-c7ccccc7)cc6)n5)c5ccccc45)c3)ccc21. The molecule has 1 aliphatic carbocycles. The van der Waals surface area contributed by atoms with Gasteiger partial charge < -0.3 is 0 Å². The predicted octanol–water partition coefficient (Wildman–Crippen LogP) is 13.9. The molecule has 0 atom stereocenters. The Hall–Kier alpha value is -6.90. The summed E-state index contributed by atoms with van der Waals surface area (Å²) in [5.41, 5.74) is 17.6. The summed E-state index contributed by atoms with van der Waals surface area (Å²) >= 11 is 0. The quantitative estimate of drug-likeness (QED) is 0.172.